The Morgan fingerprint density at radius 3 is 2.21 bits per heavy atom. The lowest BCUT2D eigenvalue weighted by Crippen LogP contribution is -2.56. The van der Waals surface area contributed by atoms with E-state index in [4.69, 9.17) is 0 Å². The van der Waals surface area contributed by atoms with Gasteiger partial charge >= 0.3 is 17.8 Å². The summed E-state index contributed by atoms with van der Waals surface area (Å²) in [6.45, 7) is 0. The number of hydrogen-bond donors (Lipinski definition) is 2. The second kappa shape index (κ2) is 9.39. The Balaban J connectivity index is 1.43. The fraction of sp³-hybridized carbons (Fsp3) is 0.429. The van der Waals surface area contributed by atoms with Gasteiger partial charge in [-0.1, -0.05) is 30.3 Å². The van der Waals surface area contributed by atoms with E-state index in [-0.39, 0.29) is 44.9 Å². The SMILES string of the molecule is Cn1ccc(=O)n(-c2cccc3c(C[C@H](NC(=O)C45CCC(C(F)(F)F)(CC4)CC5)C(=O)O)cccc23)c1=O. The van der Waals surface area contributed by atoms with E-state index in [0.717, 1.165) is 4.57 Å². The van der Waals surface area contributed by atoms with Crippen molar-refractivity contribution in [2.45, 2.75) is 57.2 Å². The predicted octanol–water partition coefficient (Wildman–Crippen LogP) is 3.70. The van der Waals surface area contributed by atoms with Crippen molar-refractivity contribution in [1.82, 2.24) is 14.5 Å². The van der Waals surface area contributed by atoms with Crippen LogP contribution in [0, 0.1) is 10.8 Å². The first-order chi connectivity index (χ1) is 18.4. The van der Waals surface area contributed by atoms with E-state index < -0.39 is 46.2 Å². The molecule has 1 amide bonds. The zero-order chi connectivity index (χ0) is 28.2. The summed E-state index contributed by atoms with van der Waals surface area (Å²) in [5, 5.41) is 13.7. The van der Waals surface area contributed by atoms with Gasteiger partial charge in [0.25, 0.3) is 5.56 Å². The molecular formula is C28H28F3N3O5. The number of aromatic nitrogens is 2. The minimum absolute atomic E-state index is 0.0725. The van der Waals surface area contributed by atoms with Crippen molar-refractivity contribution in [3.63, 3.8) is 0 Å². The van der Waals surface area contributed by atoms with Gasteiger partial charge in [0.2, 0.25) is 5.91 Å². The van der Waals surface area contributed by atoms with Crippen LogP contribution >= 0.6 is 0 Å². The second-order valence-corrected chi connectivity index (χ2v) is 10.8. The minimum atomic E-state index is -4.32. The van der Waals surface area contributed by atoms with E-state index in [0.29, 0.717) is 22.0 Å². The van der Waals surface area contributed by atoms with Gasteiger partial charge in [-0.25, -0.2) is 14.2 Å². The van der Waals surface area contributed by atoms with Gasteiger partial charge in [-0.2, -0.15) is 13.2 Å². The minimum Gasteiger partial charge on any atom is -0.480 e. The molecule has 6 rings (SSSR count). The highest BCUT2D eigenvalue weighted by Crippen LogP contribution is 2.62. The standard InChI is InChI=1S/C28H28F3N3O5/c1-33-15-8-22(35)34(25(33)39)21-7-3-5-18-17(4-2-6-19(18)21)16-20(23(36)37)32-24(38)26-9-12-27(13-10-26,14-11-26)28(29,30)31/h2-8,15,20H,9-14,16H2,1H3,(H,32,38)(H,36,37)/t20-,26?,27?/m0/s1. The summed E-state index contributed by atoms with van der Waals surface area (Å²) in [4.78, 5) is 50.8. The molecule has 11 heteroatoms. The normalized spacial score (nSPS) is 23.5. The number of carboxylic acids is 1. The number of carbonyl (C=O) groups is 2. The Morgan fingerprint density at radius 1 is 0.974 bits per heavy atom. The third kappa shape index (κ3) is 4.43. The summed E-state index contributed by atoms with van der Waals surface area (Å²) in [6, 6.07) is 10.1. The molecule has 1 heterocycles. The van der Waals surface area contributed by atoms with Crippen LogP contribution in [0.25, 0.3) is 16.5 Å². The maximum Gasteiger partial charge on any atom is 0.394 e. The first-order valence-electron chi connectivity index (χ1n) is 12.8. The molecule has 3 aliphatic carbocycles. The Labute approximate surface area is 221 Å². The van der Waals surface area contributed by atoms with Crippen molar-refractivity contribution in [3.8, 4) is 5.69 Å². The lowest BCUT2D eigenvalue weighted by atomic mass is 9.53. The molecule has 0 radical (unpaired) electrons. The fourth-order valence-electron chi connectivity index (χ4n) is 6.20. The molecular weight excluding hydrogens is 515 g/mol. The second-order valence-electron chi connectivity index (χ2n) is 10.8. The first-order valence-corrected chi connectivity index (χ1v) is 12.8. The summed E-state index contributed by atoms with van der Waals surface area (Å²) in [5.41, 5.74) is -2.88. The molecule has 0 aliphatic heterocycles. The van der Waals surface area contributed by atoms with Crippen molar-refractivity contribution < 1.29 is 27.9 Å². The van der Waals surface area contributed by atoms with Crippen LogP contribution < -0.4 is 16.6 Å². The van der Waals surface area contributed by atoms with Crippen LogP contribution in [-0.4, -0.2) is 38.3 Å². The third-order valence-electron chi connectivity index (χ3n) is 8.74. The summed E-state index contributed by atoms with van der Waals surface area (Å²) in [5.74, 6) is -1.79. The number of carboxylic acid groups (broad SMARTS) is 1. The molecule has 3 saturated carbocycles. The van der Waals surface area contributed by atoms with Crippen molar-refractivity contribution >= 4 is 22.6 Å². The van der Waals surface area contributed by atoms with Crippen LogP contribution in [0.15, 0.2) is 58.3 Å². The molecule has 3 fully saturated rings. The molecule has 39 heavy (non-hydrogen) atoms. The summed E-state index contributed by atoms with van der Waals surface area (Å²) in [7, 11) is 1.52. The number of amides is 1. The van der Waals surface area contributed by atoms with E-state index in [1.807, 2.05) is 0 Å². The average molecular weight is 544 g/mol. The molecule has 1 aromatic heterocycles. The van der Waals surface area contributed by atoms with Gasteiger partial charge in [0, 0.05) is 36.5 Å². The quantitative estimate of drug-likeness (QED) is 0.493. The van der Waals surface area contributed by atoms with Gasteiger partial charge in [0.05, 0.1) is 11.1 Å². The highest BCUT2D eigenvalue weighted by Gasteiger charge is 2.63. The number of fused-ring (bicyclic) bond motifs is 4. The molecule has 1 atom stereocenters. The average Bonchev–Trinajstić information content (AvgIpc) is 2.91. The molecule has 2 N–H and O–H groups in total. The van der Waals surface area contributed by atoms with Gasteiger partial charge in [0.1, 0.15) is 6.04 Å². The number of aliphatic carboxylic acids is 1. The van der Waals surface area contributed by atoms with Crippen LogP contribution in [0.4, 0.5) is 13.2 Å². The Kier molecular flexibility index (Phi) is 6.43. The van der Waals surface area contributed by atoms with E-state index in [1.165, 1.54) is 23.9 Å². The van der Waals surface area contributed by atoms with E-state index in [2.05, 4.69) is 5.32 Å². The van der Waals surface area contributed by atoms with Crippen LogP contribution in [0.2, 0.25) is 0 Å². The molecule has 0 saturated heterocycles. The van der Waals surface area contributed by atoms with Gasteiger partial charge in [-0.3, -0.25) is 9.59 Å². The number of carbonyl (C=O) groups excluding carboxylic acids is 1. The zero-order valence-electron chi connectivity index (χ0n) is 21.3. The number of rotatable bonds is 6. The maximum absolute atomic E-state index is 13.6. The summed E-state index contributed by atoms with van der Waals surface area (Å²) in [6.07, 6.45) is -3.22. The topological polar surface area (TPSA) is 110 Å². The highest BCUT2D eigenvalue weighted by atomic mass is 19.4. The van der Waals surface area contributed by atoms with E-state index in [1.54, 1.807) is 36.4 Å². The van der Waals surface area contributed by atoms with Crippen LogP contribution in [-0.2, 0) is 23.1 Å². The summed E-state index contributed by atoms with van der Waals surface area (Å²) < 4.78 is 43.2. The van der Waals surface area contributed by atoms with Crippen LogP contribution in [0.5, 0.6) is 0 Å². The first kappa shape index (κ1) is 26.7. The smallest absolute Gasteiger partial charge is 0.394 e. The molecule has 3 aromatic rings. The van der Waals surface area contributed by atoms with Crippen molar-refractivity contribution in [1.29, 1.82) is 0 Å². The van der Waals surface area contributed by atoms with Crippen LogP contribution in [0.3, 0.4) is 0 Å². The lowest BCUT2D eigenvalue weighted by molar-refractivity contribution is -0.258. The predicted molar refractivity (Wildman–Crippen MR) is 137 cm³/mol. The summed E-state index contributed by atoms with van der Waals surface area (Å²) >= 11 is 0. The van der Waals surface area contributed by atoms with Gasteiger partial charge in [0.15, 0.2) is 0 Å². The number of alkyl halides is 3. The highest BCUT2D eigenvalue weighted by molar-refractivity contribution is 5.93. The third-order valence-corrected chi connectivity index (χ3v) is 8.74. The van der Waals surface area contributed by atoms with E-state index in [9.17, 15) is 37.5 Å². The van der Waals surface area contributed by atoms with E-state index >= 15 is 0 Å². The maximum atomic E-state index is 13.6. The molecule has 0 unspecified atom stereocenters. The monoisotopic (exact) mass is 543 g/mol. The molecule has 0 spiro atoms. The molecule has 2 bridgehead atoms. The number of hydrogen-bond acceptors (Lipinski definition) is 4. The van der Waals surface area contributed by atoms with Crippen molar-refractivity contribution in [3.05, 3.63) is 75.1 Å². The number of nitrogens with zero attached hydrogens (tertiary/aromatic N) is 2. The van der Waals surface area contributed by atoms with Gasteiger partial charge in [-0.15, -0.1) is 0 Å². The van der Waals surface area contributed by atoms with Crippen LogP contribution in [0.1, 0.15) is 44.1 Å². The van der Waals surface area contributed by atoms with Gasteiger partial charge < -0.3 is 15.0 Å². The number of halogens is 3. The fourth-order valence-corrected chi connectivity index (χ4v) is 6.20. The Morgan fingerprint density at radius 2 is 1.59 bits per heavy atom. The number of nitrogens with one attached hydrogen (secondary N) is 1. The van der Waals surface area contributed by atoms with Gasteiger partial charge in [-0.05, 0) is 55.5 Å². The zero-order valence-corrected chi connectivity index (χ0v) is 21.3. The van der Waals surface area contributed by atoms with Crippen molar-refractivity contribution in [2.24, 2.45) is 17.9 Å². The molecule has 3 aliphatic rings. The lowest BCUT2D eigenvalue weighted by Gasteiger charge is -2.52. The molecule has 206 valence electrons. The largest absolute Gasteiger partial charge is 0.480 e. The van der Waals surface area contributed by atoms with Crippen molar-refractivity contribution in [2.75, 3.05) is 0 Å². The number of aryl methyl sites for hydroxylation is 1. The Hall–Kier alpha value is -3.89. The molecule has 8 nitrogen and oxygen atoms in total. The Bertz CT molecular complexity index is 1570. The number of benzene rings is 2. The molecule has 2 aromatic carbocycles.